The predicted molar refractivity (Wildman–Crippen MR) is 279 cm³/mol. The molecule has 0 heterocycles. The van der Waals surface area contributed by atoms with Crippen LogP contribution in [-0.4, -0.2) is 37.2 Å². The van der Waals surface area contributed by atoms with Crippen LogP contribution in [0.1, 0.15) is 303 Å². The zero-order chi connectivity index (χ0) is 47.2. The predicted octanol–water partition coefficient (Wildman–Crippen LogP) is 18.9. The number of carbonyl (C=O) groups is 3. The molecule has 65 heavy (non-hydrogen) atoms. The molecule has 6 nitrogen and oxygen atoms in total. The normalized spacial score (nSPS) is 12.2. The maximum absolute atomic E-state index is 12.8. The van der Waals surface area contributed by atoms with Crippen LogP contribution in [0, 0.1) is 0 Å². The highest BCUT2D eigenvalue weighted by Gasteiger charge is 2.19. The second kappa shape index (κ2) is 54.2. The van der Waals surface area contributed by atoms with E-state index in [9.17, 15) is 14.4 Å². The molecule has 0 aliphatic carbocycles. The molecule has 0 amide bonds. The number of ether oxygens (including phenoxy) is 3. The largest absolute Gasteiger partial charge is 0.462 e. The van der Waals surface area contributed by atoms with Gasteiger partial charge in [-0.05, 0) is 77.0 Å². The Morgan fingerprint density at radius 3 is 0.892 bits per heavy atom. The first kappa shape index (κ1) is 62.6. The lowest BCUT2D eigenvalue weighted by Crippen LogP contribution is -2.30. The van der Waals surface area contributed by atoms with E-state index in [1.807, 2.05) is 0 Å². The van der Waals surface area contributed by atoms with Gasteiger partial charge < -0.3 is 14.2 Å². The van der Waals surface area contributed by atoms with E-state index >= 15 is 0 Å². The van der Waals surface area contributed by atoms with Gasteiger partial charge in [0.1, 0.15) is 13.2 Å². The van der Waals surface area contributed by atoms with Gasteiger partial charge >= 0.3 is 17.9 Å². The van der Waals surface area contributed by atoms with Crippen molar-refractivity contribution in [2.45, 2.75) is 309 Å². The Morgan fingerprint density at radius 2 is 0.554 bits per heavy atom. The van der Waals surface area contributed by atoms with E-state index in [2.05, 4.69) is 57.2 Å². The fraction of sp³-hybridized carbons (Fsp3) is 0.847. The lowest BCUT2D eigenvalue weighted by Gasteiger charge is -2.18. The highest BCUT2D eigenvalue weighted by Crippen LogP contribution is 2.16. The fourth-order valence-electron chi connectivity index (χ4n) is 8.29. The van der Waals surface area contributed by atoms with Gasteiger partial charge in [-0.25, -0.2) is 0 Å². The van der Waals surface area contributed by atoms with E-state index in [0.29, 0.717) is 19.3 Å². The number of hydrogen-bond donors (Lipinski definition) is 0. The summed E-state index contributed by atoms with van der Waals surface area (Å²) in [6, 6.07) is 0. The van der Waals surface area contributed by atoms with E-state index in [4.69, 9.17) is 14.2 Å². The molecule has 0 N–H and O–H groups in total. The molecule has 0 aromatic carbocycles. The molecule has 0 aliphatic heterocycles. The van der Waals surface area contributed by atoms with Gasteiger partial charge in [0.05, 0.1) is 0 Å². The molecule has 6 heteroatoms. The lowest BCUT2D eigenvalue weighted by molar-refractivity contribution is -0.167. The van der Waals surface area contributed by atoms with Crippen molar-refractivity contribution in [3.8, 4) is 0 Å². The summed E-state index contributed by atoms with van der Waals surface area (Å²) < 4.78 is 16.9. The van der Waals surface area contributed by atoms with Gasteiger partial charge in [-0.3, -0.25) is 14.4 Å². The number of rotatable bonds is 52. The maximum Gasteiger partial charge on any atom is 0.306 e. The van der Waals surface area contributed by atoms with Gasteiger partial charge in [0.15, 0.2) is 6.10 Å². The van der Waals surface area contributed by atoms with Crippen LogP contribution >= 0.6 is 0 Å². The van der Waals surface area contributed by atoms with E-state index in [-0.39, 0.29) is 31.1 Å². The summed E-state index contributed by atoms with van der Waals surface area (Å²) in [6.07, 6.45) is 64.1. The Balaban J connectivity index is 4.37. The van der Waals surface area contributed by atoms with Crippen molar-refractivity contribution in [2.24, 2.45) is 0 Å². The van der Waals surface area contributed by atoms with Crippen molar-refractivity contribution in [3.63, 3.8) is 0 Å². The average Bonchev–Trinajstić information content (AvgIpc) is 3.30. The van der Waals surface area contributed by atoms with E-state index in [1.54, 1.807) is 0 Å². The topological polar surface area (TPSA) is 78.9 Å². The minimum atomic E-state index is -0.778. The molecule has 1 atom stereocenters. The fourth-order valence-corrected chi connectivity index (χ4v) is 8.29. The summed E-state index contributed by atoms with van der Waals surface area (Å²) in [5, 5.41) is 0. The van der Waals surface area contributed by atoms with Crippen molar-refractivity contribution in [1.82, 2.24) is 0 Å². The molecule has 0 fully saturated rings. The summed E-state index contributed by atoms with van der Waals surface area (Å²) >= 11 is 0. The Labute approximate surface area is 404 Å². The zero-order valence-corrected chi connectivity index (χ0v) is 43.5. The molecule has 0 rings (SSSR count). The Hall–Kier alpha value is -2.37. The number of allylic oxidation sites excluding steroid dienone is 6. The van der Waals surface area contributed by atoms with Crippen LogP contribution in [0.2, 0.25) is 0 Å². The zero-order valence-electron chi connectivity index (χ0n) is 43.5. The molecule has 0 saturated heterocycles. The SMILES string of the molecule is CCCCC/C=C\C/C=C\CCCCCCCC(=O)O[C@@H](COC(=O)CCCCCCCCC/C=C\CCCCCCCC)COC(=O)CCCCCCCCCCCCCCCCC. The number of hydrogen-bond acceptors (Lipinski definition) is 6. The van der Waals surface area contributed by atoms with Gasteiger partial charge in [0.2, 0.25) is 0 Å². The van der Waals surface area contributed by atoms with Gasteiger partial charge in [0.25, 0.3) is 0 Å². The average molecular weight is 914 g/mol. The smallest absolute Gasteiger partial charge is 0.306 e. The number of esters is 3. The van der Waals surface area contributed by atoms with Crippen molar-refractivity contribution in [1.29, 1.82) is 0 Å². The van der Waals surface area contributed by atoms with Crippen molar-refractivity contribution in [3.05, 3.63) is 36.5 Å². The molecule has 0 aliphatic rings. The van der Waals surface area contributed by atoms with Crippen LogP contribution in [0.25, 0.3) is 0 Å². The molecule has 0 radical (unpaired) electrons. The standard InChI is InChI=1S/C59H108O6/c1-4-7-10-13-16-19-22-25-28-29-32-34-37-40-43-46-49-52-58(61)64-55-56(65-59(62)53-50-47-44-41-38-35-31-27-24-21-18-15-12-9-6-3)54-63-57(60)51-48-45-42-39-36-33-30-26-23-20-17-14-11-8-5-2/h18,21,25,27-28,31,56H,4-17,19-20,22-24,26,29-30,32-55H2,1-3H3/b21-18-,28-25-,31-27-/t56-/m1/s1. The molecule has 0 bridgehead atoms. The summed E-state index contributed by atoms with van der Waals surface area (Å²) in [5.74, 6) is -0.878. The third-order valence-corrected chi connectivity index (χ3v) is 12.6. The van der Waals surface area contributed by atoms with Crippen LogP contribution in [0.15, 0.2) is 36.5 Å². The first-order valence-corrected chi connectivity index (χ1v) is 28.5. The quantitative estimate of drug-likeness (QED) is 0.0262. The van der Waals surface area contributed by atoms with Crippen LogP contribution in [0.4, 0.5) is 0 Å². The van der Waals surface area contributed by atoms with Crippen molar-refractivity contribution < 1.29 is 28.6 Å². The monoisotopic (exact) mass is 913 g/mol. The number of carbonyl (C=O) groups excluding carboxylic acids is 3. The van der Waals surface area contributed by atoms with Gasteiger partial charge in [-0.1, -0.05) is 243 Å². The highest BCUT2D eigenvalue weighted by molar-refractivity contribution is 5.71. The van der Waals surface area contributed by atoms with Gasteiger partial charge in [0, 0.05) is 19.3 Å². The van der Waals surface area contributed by atoms with Crippen LogP contribution in [0.5, 0.6) is 0 Å². The Bertz CT molecular complexity index is 1090. The van der Waals surface area contributed by atoms with Crippen LogP contribution in [-0.2, 0) is 28.6 Å². The van der Waals surface area contributed by atoms with E-state index in [0.717, 1.165) is 83.5 Å². The van der Waals surface area contributed by atoms with Crippen molar-refractivity contribution >= 4 is 17.9 Å². The molecule has 0 spiro atoms. The summed E-state index contributed by atoms with van der Waals surface area (Å²) in [5.41, 5.74) is 0. The minimum absolute atomic E-state index is 0.0757. The van der Waals surface area contributed by atoms with E-state index < -0.39 is 6.10 Å². The number of unbranched alkanes of at least 4 members (excludes halogenated alkanes) is 35. The molecule has 380 valence electrons. The Morgan fingerprint density at radius 1 is 0.308 bits per heavy atom. The highest BCUT2D eigenvalue weighted by atomic mass is 16.6. The third-order valence-electron chi connectivity index (χ3n) is 12.6. The lowest BCUT2D eigenvalue weighted by atomic mass is 10.0. The summed E-state index contributed by atoms with van der Waals surface area (Å²) in [6.45, 7) is 6.63. The van der Waals surface area contributed by atoms with Crippen LogP contribution in [0.3, 0.4) is 0 Å². The van der Waals surface area contributed by atoms with E-state index in [1.165, 1.54) is 180 Å². The molecule has 0 saturated carbocycles. The molecule has 0 unspecified atom stereocenters. The molecular weight excluding hydrogens is 805 g/mol. The summed E-state index contributed by atoms with van der Waals surface area (Å²) in [4.78, 5) is 38.1. The van der Waals surface area contributed by atoms with Gasteiger partial charge in [-0.15, -0.1) is 0 Å². The van der Waals surface area contributed by atoms with Gasteiger partial charge in [-0.2, -0.15) is 0 Å². The summed E-state index contributed by atoms with van der Waals surface area (Å²) in [7, 11) is 0. The van der Waals surface area contributed by atoms with Crippen molar-refractivity contribution in [2.75, 3.05) is 13.2 Å². The van der Waals surface area contributed by atoms with Crippen LogP contribution < -0.4 is 0 Å². The second-order valence-corrected chi connectivity index (χ2v) is 19.2. The second-order valence-electron chi connectivity index (χ2n) is 19.2. The molecule has 0 aromatic heterocycles. The Kier molecular flexibility index (Phi) is 52.3. The molecule has 0 aromatic rings. The molecular formula is C59H108O6. The first-order valence-electron chi connectivity index (χ1n) is 28.5. The third kappa shape index (κ3) is 52.5. The first-order chi connectivity index (χ1) is 32.0. The maximum atomic E-state index is 12.8. The minimum Gasteiger partial charge on any atom is -0.462 e.